The summed E-state index contributed by atoms with van der Waals surface area (Å²) in [6.07, 6.45) is 9.25. The zero-order valence-corrected chi connectivity index (χ0v) is 28.9. The fraction of sp³-hybridized carbons (Fsp3) is 0.706. The Morgan fingerprint density at radius 2 is 1.60 bits per heavy atom. The first-order chi connectivity index (χ1) is 22.1. The molecule has 2 aliphatic carbocycles. The lowest BCUT2D eigenvalue weighted by molar-refractivity contribution is -0.142. The number of alkyl carbamates (subject to hydrolysis) is 1. The number of hydrogen-bond acceptors (Lipinski definition) is 7. The van der Waals surface area contributed by atoms with Crippen molar-refractivity contribution in [3.63, 3.8) is 0 Å². The second-order valence-corrected chi connectivity index (χ2v) is 16.2. The first kappa shape index (κ1) is 36.6. The SMILES string of the molecule is CC(C)(C)OC(=O)N[C@H](CCF)[C@H]1CC[C@H](C(=O)N2CC[C@@H](C3CCCCC3)[C@H]2C(=O)Nc2ccc(C(=O)NS(C)(=O)=O)cc2)CC1. The second kappa shape index (κ2) is 15.8. The summed E-state index contributed by atoms with van der Waals surface area (Å²) in [6, 6.07) is 4.98. The predicted molar refractivity (Wildman–Crippen MR) is 177 cm³/mol. The maximum Gasteiger partial charge on any atom is 0.407 e. The molecule has 0 radical (unpaired) electrons. The first-order valence-corrected chi connectivity index (χ1v) is 18.8. The van der Waals surface area contributed by atoms with Gasteiger partial charge in [-0.15, -0.1) is 0 Å². The average molecular weight is 679 g/mol. The number of benzene rings is 1. The van der Waals surface area contributed by atoms with Gasteiger partial charge in [-0.1, -0.05) is 32.1 Å². The van der Waals surface area contributed by atoms with Crippen LogP contribution in [0.3, 0.4) is 0 Å². The van der Waals surface area contributed by atoms with Gasteiger partial charge in [0.2, 0.25) is 21.8 Å². The molecule has 1 saturated heterocycles. The summed E-state index contributed by atoms with van der Waals surface area (Å²) < 4.78 is 43.6. The van der Waals surface area contributed by atoms with Crippen molar-refractivity contribution in [2.24, 2.45) is 23.7 Å². The lowest BCUT2D eigenvalue weighted by Gasteiger charge is -2.37. The van der Waals surface area contributed by atoms with Crippen molar-refractivity contribution in [2.75, 3.05) is 24.8 Å². The summed E-state index contributed by atoms with van der Waals surface area (Å²) in [7, 11) is -3.72. The van der Waals surface area contributed by atoms with Gasteiger partial charge in [-0.3, -0.25) is 18.8 Å². The number of alkyl halides is 1. The lowest BCUT2D eigenvalue weighted by Crippen LogP contribution is -2.50. The van der Waals surface area contributed by atoms with E-state index in [1.807, 2.05) is 4.72 Å². The molecule has 0 bridgehead atoms. The highest BCUT2D eigenvalue weighted by Gasteiger charge is 2.47. The van der Waals surface area contributed by atoms with Crippen LogP contribution >= 0.6 is 0 Å². The number of carbonyl (C=O) groups excluding carboxylic acids is 4. The largest absolute Gasteiger partial charge is 0.444 e. The lowest BCUT2D eigenvalue weighted by atomic mass is 9.75. The number of sulfonamides is 1. The van der Waals surface area contributed by atoms with Gasteiger partial charge in [0, 0.05) is 29.8 Å². The van der Waals surface area contributed by atoms with E-state index in [1.54, 1.807) is 37.8 Å². The zero-order valence-electron chi connectivity index (χ0n) is 28.1. The highest BCUT2D eigenvalue weighted by molar-refractivity contribution is 7.89. The monoisotopic (exact) mass is 678 g/mol. The Morgan fingerprint density at radius 3 is 2.17 bits per heavy atom. The molecule has 1 aromatic carbocycles. The molecule has 47 heavy (non-hydrogen) atoms. The molecule has 262 valence electrons. The first-order valence-electron chi connectivity index (χ1n) is 16.9. The van der Waals surface area contributed by atoms with Gasteiger partial charge in [-0.25, -0.2) is 17.9 Å². The molecule has 3 aliphatic rings. The minimum Gasteiger partial charge on any atom is -0.444 e. The molecule has 3 fully saturated rings. The van der Waals surface area contributed by atoms with Crippen LogP contribution in [0.4, 0.5) is 14.9 Å². The number of carbonyl (C=O) groups is 4. The average Bonchev–Trinajstić information content (AvgIpc) is 3.45. The summed E-state index contributed by atoms with van der Waals surface area (Å²) in [5.41, 5.74) is -0.0797. The molecule has 1 aromatic rings. The third-order valence-corrected chi connectivity index (χ3v) is 10.3. The van der Waals surface area contributed by atoms with E-state index in [2.05, 4.69) is 10.6 Å². The fourth-order valence-electron chi connectivity index (χ4n) is 7.61. The topological polar surface area (TPSA) is 151 Å². The Kier molecular flexibility index (Phi) is 12.3. The summed E-state index contributed by atoms with van der Waals surface area (Å²) in [5.74, 6) is -0.890. The van der Waals surface area contributed by atoms with Crippen LogP contribution in [0.25, 0.3) is 0 Å². The van der Waals surface area contributed by atoms with Crippen LogP contribution in [-0.4, -0.2) is 74.3 Å². The Bertz CT molecular complexity index is 1370. The summed E-state index contributed by atoms with van der Waals surface area (Å²) in [5, 5.41) is 5.81. The third-order valence-electron chi connectivity index (χ3n) is 9.76. The van der Waals surface area contributed by atoms with Crippen molar-refractivity contribution < 1.29 is 36.7 Å². The van der Waals surface area contributed by atoms with Crippen molar-refractivity contribution in [3.8, 4) is 0 Å². The van der Waals surface area contributed by atoms with Crippen molar-refractivity contribution >= 4 is 39.5 Å². The summed E-state index contributed by atoms with van der Waals surface area (Å²) in [4.78, 5) is 54.4. The smallest absolute Gasteiger partial charge is 0.407 e. The molecule has 4 amide bonds. The highest BCUT2D eigenvalue weighted by atomic mass is 32.2. The summed E-state index contributed by atoms with van der Waals surface area (Å²) >= 11 is 0. The zero-order chi connectivity index (χ0) is 34.4. The van der Waals surface area contributed by atoms with E-state index < -0.39 is 40.3 Å². The number of anilines is 1. The van der Waals surface area contributed by atoms with Crippen molar-refractivity contribution in [1.82, 2.24) is 14.9 Å². The van der Waals surface area contributed by atoms with Gasteiger partial charge in [-0.2, -0.15) is 0 Å². The molecule has 0 unspecified atom stereocenters. The Morgan fingerprint density at radius 1 is 0.957 bits per heavy atom. The quantitative estimate of drug-likeness (QED) is 0.309. The normalized spacial score (nSPS) is 24.7. The number of hydrogen-bond donors (Lipinski definition) is 3. The van der Waals surface area contributed by atoms with Gasteiger partial charge < -0.3 is 20.3 Å². The van der Waals surface area contributed by atoms with E-state index in [1.165, 1.54) is 18.6 Å². The Labute approximate surface area is 278 Å². The molecule has 0 aromatic heterocycles. The maximum atomic E-state index is 14.1. The molecule has 3 atom stereocenters. The maximum absolute atomic E-state index is 14.1. The molecule has 13 heteroatoms. The van der Waals surface area contributed by atoms with Crippen LogP contribution in [0.2, 0.25) is 0 Å². The van der Waals surface area contributed by atoms with Gasteiger partial charge in [0.25, 0.3) is 5.91 Å². The number of likely N-dealkylation sites (tertiary alicyclic amines) is 1. The molecular weight excluding hydrogens is 627 g/mol. The van der Waals surface area contributed by atoms with Crippen LogP contribution in [-0.2, 0) is 24.3 Å². The minimum atomic E-state index is -3.72. The fourth-order valence-corrected chi connectivity index (χ4v) is 8.06. The van der Waals surface area contributed by atoms with Gasteiger partial charge in [0.1, 0.15) is 11.6 Å². The molecule has 0 spiro atoms. The second-order valence-electron chi connectivity index (χ2n) is 14.4. The number of rotatable bonds is 10. The van der Waals surface area contributed by atoms with Crippen molar-refractivity contribution in [1.29, 1.82) is 0 Å². The highest BCUT2D eigenvalue weighted by Crippen LogP contribution is 2.41. The summed E-state index contributed by atoms with van der Waals surface area (Å²) in [6.45, 7) is 5.27. The van der Waals surface area contributed by atoms with Crippen LogP contribution in [0.1, 0.15) is 102 Å². The molecule has 3 N–H and O–H groups in total. The molecular formula is C34H51FN4O7S. The Balaban J connectivity index is 1.43. The number of ether oxygens (including phenoxy) is 1. The van der Waals surface area contributed by atoms with E-state index >= 15 is 0 Å². The number of nitrogens with zero attached hydrogens (tertiary/aromatic N) is 1. The Hall–Kier alpha value is -3.22. The number of nitrogens with one attached hydrogen (secondary N) is 3. The predicted octanol–water partition coefficient (Wildman–Crippen LogP) is 5.17. The van der Waals surface area contributed by atoms with E-state index in [0.717, 1.165) is 38.4 Å². The molecule has 2 saturated carbocycles. The van der Waals surface area contributed by atoms with Gasteiger partial charge >= 0.3 is 6.09 Å². The van der Waals surface area contributed by atoms with Crippen molar-refractivity contribution in [2.45, 2.75) is 109 Å². The van der Waals surface area contributed by atoms with Gasteiger partial charge in [0.05, 0.1) is 12.9 Å². The molecule has 4 rings (SSSR count). The van der Waals surface area contributed by atoms with E-state index in [9.17, 15) is 32.0 Å². The third kappa shape index (κ3) is 10.4. The van der Waals surface area contributed by atoms with Crippen LogP contribution in [0.15, 0.2) is 24.3 Å². The number of halogens is 1. The van der Waals surface area contributed by atoms with E-state index in [4.69, 9.17) is 4.74 Å². The van der Waals surface area contributed by atoms with Gasteiger partial charge in [-0.05, 0) is 101 Å². The van der Waals surface area contributed by atoms with Crippen LogP contribution in [0.5, 0.6) is 0 Å². The molecule has 1 aliphatic heterocycles. The standard InChI is InChI=1S/C34H51FN4O7S/c1-34(2,3)46-33(43)37-28(18-20-35)23-10-12-25(13-11-23)32(42)39-21-19-27(22-8-6-5-7-9-22)29(39)31(41)36-26-16-14-24(15-17-26)30(40)38-47(4,44)45/h14-17,22-23,25,27-29H,5-13,18-21H2,1-4H3,(H,36,41)(H,37,43)(H,38,40)/t23-,25-,27-,28+,29-/m0/s1. The van der Waals surface area contributed by atoms with Crippen LogP contribution in [0, 0.1) is 23.7 Å². The van der Waals surface area contributed by atoms with Crippen molar-refractivity contribution in [3.05, 3.63) is 29.8 Å². The number of amides is 4. The van der Waals surface area contributed by atoms with Gasteiger partial charge in [0.15, 0.2) is 0 Å². The minimum absolute atomic E-state index is 0.0254. The van der Waals surface area contributed by atoms with E-state index in [-0.39, 0.29) is 47.6 Å². The van der Waals surface area contributed by atoms with Crippen LogP contribution < -0.4 is 15.4 Å². The van der Waals surface area contributed by atoms with E-state index in [0.29, 0.717) is 43.8 Å². The molecule has 1 heterocycles. The molecule has 11 nitrogen and oxygen atoms in total.